The van der Waals surface area contributed by atoms with Crippen molar-refractivity contribution in [2.75, 3.05) is 26.7 Å². The molecule has 0 saturated heterocycles. The average molecular weight is 454 g/mol. The third-order valence-electron chi connectivity index (χ3n) is 6.39. The highest BCUT2D eigenvalue weighted by molar-refractivity contribution is 7.03. The molecule has 0 radical (unpaired) electrons. The SMILES string of the molecule is CCNC(=O)c1nsc(=C2CC(C(C)C)=C(O)C=C2O)c1=C1C=CC2=C(CCN(C)C2)C1. The molecule has 1 aromatic rings. The molecule has 1 aromatic heterocycles. The van der Waals surface area contributed by atoms with E-state index in [2.05, 4.69) is 33.8 Å². The molecule has 2 heterocycles. The number of carbonyl (C=O) groups is 1. The van der Waals surface area contributed by atoms with Crippen LogP contribution in [0.3, 0.4) is 0 Å². The number of nitrogens with one attached hydrogen (secondary N) is 1. The van der Waals surface area contributed by atoms with Crippen LogP contribution in [-0.4, -0.2) is 52.1 Å². The lowest BCUT2D eigenvalue weighted by Gasteiger charge is -2.29. The second-order valence-electron chi connectivity index (χ2n) is 9.00. The van der Waals surface area contributed by atoms with Gasteiger partial charge in [-0.25, -0.2) is 0 Å². The van der Waals surface area contributed by atoms with E-state index in [0.29, 0.717) is 18.7 Å². The zero-order chi connectivity index (χ0) is 23.0. The highest BCUT2D eigenvalue weighted by Crippen LogP contribution is 2.32. The largest absolute Gasteiger partial charge is 0.508 e. The Morgan fingerprint density at radius 2 is 2.00 bits per heavy atom. The van der Waals surface area contributed by atoms with Crippen molar-refractivity contribution < 1.29 is 15.0 Å². The predicted octanol–water partition coefficient (Wildman–Crippen LogP) is 3.10. The smallest absolute Gasteiger partial charge is 0.271 e. The lowest BCUT2D eigenvalue weighted by molar-refractivity contribution is 0.0951. The van der Waals surface area contributed by atoms with E-state index in [0.717, 1.165) is 52.4 Å². The van der Waals surface area contributed by atoms with Crippen LogP contribution >= 0.6 is 11.5 Å². The molecule has 4 rings (SSSR count). The Bertz CT molecular complexity index is 1200. The van der Waals surface area contributed by atoms with Gasteiger partial charge in [0.2, 0.25) is 0 Å². The maximum absolute atomic E-state index is 12.9. The number of rotatable bonds is 3. The summed E-state index contributed by atoms with van der Waals surface area (Å²) < 4.78 is 5.35. The number of amides is 1. The predicted molar refractivity (Wildman–Crippen MR) is 129 cm³/mol. The maximum atomic E-state index is 12.9. The van der Waals surface area contributed by atoms with Crippen LogP contribution in [-0.2, 0) is 0 Å². The third-order valence-corrected chi connectivity index (χ3v) is 7.30. The van der Waals surface area contributed by atoms with Crippen LogP contribution in [0.25, 0.3) is 11.1 Å². The van der Waals surface area contributed by atoms with E-state index >= 15 is 0 Å². The van der Waals surface area contributed by atoms with Crippen molar-refractivity contribution in [3.8, 4) is 0 Å². The van der Waals surface area contributed by atoms with Crippen LogP contribution in [0, 0.1) is 5.92 Å². The minimum absolute atomic E-state index is 0.0406. The van der Waals surface area contributed by atoms with E-state index in [1.54, 1.807) is 0 Å². The molecule has 0 saturated carbocycles. The number of carbonyl (C=O) groups excluding carboxylic acids is 1. The number of hydrogen-bond acceptors (Lipinski definition) is 6. The van der Waals surface area contributed by atoms with E-state index in [1.807, 2.05) is 20.8 Å². The van der Waals surface area contributed by atoms with Crippen molar-refractivity contribution in [3.05, 3.63) is 61.9 Å². The summed E-state index contributed by atoms with van der Waals surface area (Å²) in [6.07, 6.45) is 7.92. The van der Waals surface area contributed by atoms with Crippen molar-refractivity contribution in [3.63, 3.8) is 0 Å². The van der Waals surface area contributed by atoms with Crippen molar-refractivity contribution in [2.24, 2.45) is 5.92 Å². The van der Waals surface area contributed by atoms with Crippen molar-refractivity contribution in [1.82, 2.24) is 14.6 Å². The normalized spacial score (nSPS) is 23.0. The minimum atomic E-state index is -0.198. The third kappa shape index (κ3) is 4.19. The van der Waals surface area contributed by atoms with E-state index in [4.69, 9.17) is 0 Å². The van der Waals surface area contributed by atoms with E-state index < -0.39 is 0 Å². The van der Waals surface area contributed by atoms with Crippen LogP contribution in [0.4, 0.5) is 0 Å². The lowest BCUT2D eigenvalue weighted by Crippen LogP contribution is -2.36. The van der Waals surface area contributed by atoms with Crippen LogP contribution < -0.4 is 15.1 Å². The summed E-state index contributed by atoms with van der Waals surface area (Å²) >= 11 is 1.25. The summed E-state index contributed by atoms with van der Waals surface area (Å²) in [4.78, 5) is 15.2. The highest BCUT2D eigenvalue weighted by atomic mass is 32.1. The van der Waals surface area contributed by atoms with Crippen molar-refractivity contribution >= 4 is 28.6 Å². The molecule has 0 spiro atoms. The fourth-order valence-corrected chi connectivity index (χ4v) is 5.54. The summed E-state index contributed by atoms with van der Waals surface area (Å²) in [7, 11) is 2.13. The second-order valence-corrected chi connectivity index (χ2v) is 9.77. The van der Waals surface area contributed by atoms with E-state index in [9.17, 15) is 15.0 Å². The zero-order valence-electron chi connectivity index (χ0n) is 19.2. The Kier molecular flexibility index (Phi) is 6.40. The number of aliphatic hydroxyl groups excluding tert-OH is 2. The summed E-state index contributed by atoms with van der Waals surface area (Å²) in [5.74, 6) is 0.112. The van der Waals surface area contributed by atoms with Crippen LogP contribution in [0.15, 0.2) is 46.5 Å². The highest BCUT2D eigenvalue weighted by Gasteiger charge is 2.25. The summed E-state index contributed by atoms with van der Waals surface area (Å²) in [5.41, 5.74) is 5.83. The fraction of sp³-hybridized carbons (Fsp3) is 0.440. The molecule has 3 aliphatic rings. The lowest BCUT2D eigenvalue weighted by atomic mass is 9.87. The van der Waals surface area contributed by atoms with Gasteiger partial charge in [-0.2, -0.15) is 4.37 Å². The Morgan fingerprint density at radius 1 is 1.25 bits per heavy atom. The number of allylic oxidation sites excluding steroid dienone is 4. The van der Waals surface area contributed by atoms with Gasteiger partial charge in [0, 0.05) is 42.9 Å². The first-order chi connectivity index (χ1) is 15.3. The molecule has 1 amide bonds. The van der Waals surface area contributed by atoms with E-state index in [1.165, 1.54) is 28.8 Å². The molecule has 3 N–H and O–H groups in total. The van der Waals surface area contributed by atoms with Gasteiger partial charge in [0.25, 0.3) is 5.91 Å². The second kappa shape index (κ2) is 9.08. The Morgan fingerprint density at radius 3 is 2.72 bits per heavy atom. The quantitative estimate of drug-likeness (QED) is 0.655. The van der Waals surface area contributed by atoms with Gasteiger partial charge in [-0.1, -0.05) is 31.6 Å². The van der Waals surface area contributed by atoms with E-state index in [-0.39, 0.29) is 23.3 Å². The molecule has 7 heteroatoms. The maximum Gasteiger partial charge on any atom is 0.271 e. The van der Waals surface area contributed by atoms with Crippen LogP contribution in [0.1, 0.15) is 50.5 Å². The van der Waals surface area contributed by atoms with Crippen molar-refractivity contribution in [1.29, 1.82) is 0 Å². The number of hydrogen-bond donors (Lipinski definition) is 3. The van der Waals surface area contributed by atoms with Gasteiger partial charge < -0.3 is 20.4 Å². The summed E-state index contributed by atoms with van der Waals surface area (Å²) in [6.45, 7) is 8.44. The van der Waals surface area contributed by atoms with Gasteiger partial charge >= 0.3 is 0 Å². The van der Waals surface area contributed by atoms with Gasteiger partial charge in [-0.05, 0) is 61.0 Å². The van der Waals surface area contributed by atoms with Crippen LogP contribution in [0.5, 0.6) is 0 Å². The molecule has 0 atom stereocenters. The molecular weight excluding hydrogens is 422 g/mol. The van der Waals surface area contributed by atoms with Crippen LogP contribution in [0.2, 0.25) is 0 Å². The number of nitrogens with zero attached hydrogens (tertiary/aromatic N) is 2. The van der Waals surface area contributed by atoms with Crippen molar-refractivity contribution in [2.45, 2.75) is 40.0 Å². The molecule has 170 valence electrons. The summed E-state index contributed by atoms with van der Waals surface area (Å²) in [6, 6.07) is 0. The van der Waals surface area contributed by atoms with Gasteiger partial charge in [-0.15, -0.1) is 0 Å². The molecule has 6 nitrogen and oxygen atoms in total. The zero-order valence-corrected chi connectivity index (χ0v) is 20.0. The molecule has 0 aromatic carbocycles. The molecule has 0 fully saturated rings. The molecular formula is C25H31N3O3S. The first-order valence-electron chi connectivity index (χ1n) is 11.2. The molecule has 2 aliphatic carbocycles. The standard InChI is InChI=1S/C25H31N3O3S/c1-5-26-25(31)23-22(16-6-7-17-13-28(4)9-8-15(17)10-16)24(32-27-23)19-11-18(14(2)3)20(29)12-21(19)30/h6-7,12,14,29-30H,5,8-11,13H2,1-4H3,(H,26,31). The molecule has 32 heavy (non-hydrogen) atoms. The Labute approximate surface area is 192 Å². The summed E-state index contributed by atoms with van der Waals surface area (Å²) in [5, 5.41) is 24.8. The number of aliphatic hydroxyl groups is 2. The first kappa shape index (κ1) is 22.6. The van der Waals surface area contributed by atoms with Gasteiger partial charge in [-0.3, -0.25) is 4.79 Å². The Hall–Kier alpha value is -2.64. The first-order valence-corrected chi connectivity index (χ1v) is 12.0. The Balaban J connectivity index is 1.94. The van der Waals surface area contributed by atoms with Gasteiger partial charge in [0.15, 0.2) is 0 Å². The van der Waals surface area contributed by atoms with Gasteiger partial charge in [0.05, 0.1) is 4.53 Å². The van der Waals surface area contributed by atoms with Gasteiger partial charge in [0.1, 0.15) is 17.2 Å². The fourth-order valence-electron chi connectivity index (χ4n) is 4.57. The molecule has 1 aliphatic heterocycles. The monoisotopic (exact) mass is 453 g/mol. The minimum Gasteiger partial charge on any atom is -0.508 e. The topological polar surface area (TPSA) is 85.7 Å². The number of aromatic nitrogens is 1. The molecule has 0 bridgehead atoms. The average Bonchev–Trinajstić information content (AvgIpc) is 3.18. The molecule has 0 unspecified atom stereocenters. The number of likely N-dealkylation sites (N-methyl/N-ethyl adjacent to an activating group) is 1.